The first kappa shape index (κ1) is 12.5. The molecule has 0 amide bonds. The van der Waals surface area contributed by atoms with Gasteiger partial charge in [0.05, 0.1) is 0 Å². The second-order valence-corrected chi connectivity index (χ2v) is 4.04. The van der Waals surface area contributed by atoms with Gasteiger partial charge in [0.1, 0.15) is 6.54 Å². The van der Waals surface area contributed by atoms with Gasteiger partial charge in [-0.2, -0.15) is 4.98 Å². The van der Waals surface area contributed by atoms with Gasteiger partial charge in [-0.25, -0.2) is 4.99 Å². The molecule has 1 heterocycles. The Morgan fingerprint density at radius 3 is 2.88 bits per heavy atom. The van der Waals surface area contributed by atoms with Gasteiger partial charge >= 0.3 is 0 Å². The van der Waals surface area contributed by atoms with E-state index in [-0.39, 0.29) is 0 Å². The third-order valence-corrected chi connectivity index (χ3v) is 1.99. The first-order valence-corrected chi connectivity index (χ1v) is 5.41. The summed E-state index contributed by atoms with van der Waals surface area (Å²) < 4.78 is 4.82. The first-order valence-electron chi connectivity index (χ1n) is 5.41. The van der Waals surface area contributed by atoms with E-state index in [0.717, 1.165) is 13.0 Å². The minimum absolute atomic E-state index is 0.345. The molecule has 0 fully saturated rings. The van der Waals surface area contributed by atoms with Crippen molar-refractivity contribution in [2.45, 2.75) is 33.7 Å². The number of aliphatic imine (C=N–C) groups is 1. The maximum atomic E-state index is 5.67. The predicted octanol–water partition coefficient (Wildman–Crippen LogP) is 0.828. The van der Waals surface area contributed by atoms with Gasteiger partial charge in [0.15, 0.2) is 11.8 Å². The lowest BCUT2D eigenvalue weighted by Crippen LogP contribution is -2.32. The minimum atomic E-state index is 0.345. The maximum absolute atomic E-state index is 5.67. The normalized spacial score (nSPS) is 12.1. The van der Waals surface area contributed by atoms with Crippen LogP contribution in [0.1, 0.15) is 32.0 Å². The molecular formula is C10H19N5O. The van der Waals surface area contributed by atoms with E-state index in [1.165, 1.54) is 0 Å². The lowest BCUT2D eigenvalue weighted by Gasteiger charge is -2.06. The fourth-order valence-corrected chi connectivity index (χ4v) is 1.11. The van der Waals surface area contributed by atoms with Crippen LogP contribution in [0.3, 0.4) is 0 Å². The molecule has 0 radical (unpaired) electrons. The molecule has 1 rings (SSSR count). The predicted molar refractivity (Wildman–Crippen MR) is 61.8 cm³/mol. The van der Waals surface area contributed by atoms with Crippen LogP contribution in [0.4, 0.5) is 0 Å². The molecule has 0 unspecified atom stereocenters. The maximum Gasteiger partial charge on any atom is 0.223 e. The van der Waals surface area contributed by atoms with E-state index in [1.54, 1.807) is 6.92 Å². The van der Waals surface area contributed by atoms with Gasteiger partial charge in [0.25, 0.3) is 0 Å². The van der Waals surface area contributed by atoms with Crippen LogP contribution in [0.25, 0.3) is 0 Å². The highest BCUT2D eigenvalue weighted by Gasteiger charge is 2.00. The molecule has 6 heteroatoms. The molecule has 0 bridgehead atoms. The molecule has 3 N–H and O–H groups in total. The molecule has 16 heavy (non-hydrogen) atoms. The van der Waals surface area contributed by atoms with Crippen LogP contribution in [-0.4, -0.2) is 22.6 Å². The van der Waals surface area contributed by atoms with Gasteiger partial charge in [0, 0.05) is 13.5 Å². The Labute approximate surface area is 95.3 Å². The molecule has 0 aliphatic carbocycles. The summed E-state index contributed by atoms with van der Waals surface area (Å²) in [6.07, 6.45) is 1.07. The van der Waals surface area contributed by atoms with E-state index in [1.807, 2.05) is 0 Å². The van der Waals surface area contributed by atoms with Crippen molar-refractivity contribution >= 4 is 5.96 Å². The summed E-state index contributed by atoms with van der Waals surface area (Å²) in [5, 5.41) is 6.75. The number of guanidine groups is 1. The Kier molecular flexibility index (Phi) is 4.75. The second-order valence-electron chi connectivity index (χ2n) is 4.04. The highest BCUT2D eigenvalue weighted by Crippen LogP contribution is 1.97. The van der Waals surface area contributed by atoms with Crippen LogP contribution in [0.2, 0.25) is 0 Å². The molecule has 0 aromatic carbocycles. The smallest absolute Gasteiger partial charge is 0.223 e. The van der Waals surface area contributed by atoms with Gasteiger partial charge in [-0.05, 0) is 12.3 Å². The summed E-state index contributed by atoms with van der Waals surface area (Å²) in [5.74, 6) is 2.16. The number of nitrogens with one attached hydrogen (secondary N) is 1. The van der Waals surface area contributed by atoms with Crippen LogP contribution < -0.4 is 11.1 Å². The summed E-state index contributed by atoms with van der Waals surface area (Å²) in [4.78, 5) is 8.13. The molecule has 90 valence electrons. The van der Waals surface area contributed by atoms with Crippen molar-refractivity contribution in [3.63, 3.8) is 0 Å². The third kappa shape index (κ3) is 4.77. The third-order valence-electron chi connectivity index (χ3n) is 1.99. The Hall–Kier alpha value is -1.59. The summed E-state index contributed by atoms with van der Waals surface area (Å²) in [5.41, 5.74) is 5.67. The summed E-state index contributed by atoms with van der Waals surface area (Å²) >= 11 is 0. The quantitative estimate of drug-likeness (QED) is 0.572. The lowest BCUT2D eigenvalue weighted by atomic mass is 10.1. The highest BCUT2D eigenvalue weighted by atomic mass is 16.5. The monoisotopic (exact) mass is 225 g/mol. The van der Waals surface area contributed by atoms with Gasteiger partial charge in [0.2, 0.25) is 5.89 Å². The molecule has 0 aliphatic rings. The number of aromatic nitrogens is 2. The van der Waals surface area contributed by atoms with Crippen molar-refractivity contribution < 1.29 is 4.52 Å². The number of nitrogens with two attached hydrogens (primary N) is 1. The van der Waals surface area contributed by atoms with Gasteiger partial charge in [-0.15, -0.1) is 0 Å². The zero-order valence-corrected chi connectivity index (χ0v) is 10.0. The van der Waals surface area contributed by atoms with Crippen LogP contribution in [0.15, 0.2) is 9.52 Å². The molecule has 1 aromatic heterocycles. The van der Waals surface area contributed by atoms with Crippen LogP contribution >= 0.6 is 0 Å². The van der Waals surface area contributed by atoms with E-state index in [9.17, 15) is 0 Å². The van der Waals surface area contributed by atoms with Gasteiger partial charge in [-0.3, -0.25) is 0 Å². The lowest BCUT2D eigenvalue weighted by molar-refractivity contribution is 0.387. The summed E-state index contributed by atoms with van der Waals surface area (Å²) in [7, 11) is 0. The Morgan fingerprint density at radius 2 is 2.31 bits per heavy atom. The average Bonchev–Trinajstić information content (AvgIpc) is 2.61. The molecule has 6 nitrogen and oxygen atoms in total. The number of rotatable bonds is 5. The molecule has 0 saturated heterocycles. The Morgan fingerprint density at radius 1 is 1.56 bits per heavy atom. The van der Waals surface area contributed by atoms with Crippen molar-refractivity contribution in [3.8, 4) is 0 Å². The average molecular weight is 225 g/mol. The Bertz CT molecular complexity index is 345. The molecule has 0 saturated carbocycles. The summed E-state index contributed by atoms with van der Waals surface area (Å²) in [6.45, 7) is 7.24. The number of aryl methyl sites for hydroxylation is 1. The van der Waals surface area contributed by atoms with Crippen molar-refractivity contribution in [1.82, 2.24) is 15.5 Å². The Balaban J connectivity index is 2.28. The fourth-order valence-electron chi connectivity index (χ4n) is 1.11. The molecular weight excluding hydrogens is 206 g/mol. The van der Waals surface area contributed by atoms with Crippen molar-refractivity contribution in [2.24, 2.45) is 16.6 Å². The van der Waals surface area contributed by atoms with Crippen molar-refractivity contribution in [1.29, 1.82) is 0 Å². The van der Waals surface area contributed by atoms with Crippen LogP contribution in [-0.2, 0) is 6.54 Å². The highest BCUT2D eigenvalue weighted by molar-refractivity contribution is 5.77. The van der Waals surface area contributed by atoms with Gasteiger partial charge < -0.3 is 15.6 Å². The van der Waals surface area contributed by atoms with E-state index in [4.69, 9.17) is 10.3 Å². The number of hydrogen-bond donors (Lipinski definition) is 2. The largest absolute Gasteiger partial charge is 0.370 e. The SMILES string of the molecule is Cc1nc(CN=C(N)NCCC(C)C)no1. The first-order chi connectivity index (χ1) is 7.58. The zero-order chi connectivity index (χ0) is 12.0. The fraction of sp³-hybridized carbons (Fsp3) is 0.700. The van der Waals surface area contributed by atoms with Crippen molar-refractivity contribution in [3.05, 3.63) is 11.7 Å². The van der Waals surface area contributed by atoms with E-state index < -0.39 is 0 Å². The van der Waals surface area contributed by atoms with Crippen molar-refractivity contribution in [2.75, 3.05) is 6.54 Å². The van der Waals surface area contributed by atoms with E-state index >= 15 is 0 Å². The molecule has 0 aliphatic heterocycles. The number of hydrogen-bond acceptors (Lipinski definition) is 4. The zero-order valence-electron chi connectivity index (χ0n) is 10.0. The molecule has 0 spiro atoms. The van der Waals surface area contributed by atoms with Gasteiger partial charge in [-0.1, -0.05) is 19.0 Å². The minimum Gasteiger partial charge on any atom is -0.370 e. The summed E-state index contributed by atoms with van der Waals surface area (Å²) in [6, 6.07) is 0. The standard InChI is InChI=1S/C10H19N5O/c1-7(2)4-5-12-10(11)13-6-9-14-8(3)16-15-9/h7H,4-6H2,1-3H3,(H3,11,12,13). The topological polar surface area (TPSA) is 89.3 Å². The molecule has 0 atom stereocenters. The van der Waals surface area contributed by atoms with E-state index in [0.29, 0.717) is 30.1 Å². The van der Waals surface area contributed by atoms with Crippen LogP contribution in [0.5, 0.6) is 0 Å². The molecule has 1 aromatic rings. The van der Waals surface area contributed by atoms with Crippen LogP contribution in [0, 0.1) is 12.8 Å². The van der Waals surface area contributed by atoms with E-state index in [2.05, 4.69) is 34.3 Å². The number of nitrogens with zero attached hydrogens (tertiary/aromatic N) is 3. The second kappa shape index (κ2) is 6.09.